The van der Waals surface area contributed by atoms with Crippen molar-refractivity contribution in [1.29, 1.82) is 0 Å². The van der Waals surface area contributed by atoms with E-state index in [4.69, 9.17) is 14.6 Å². The Morgan fingerprint density at radius 2 is 1.83 bits per heavy atom. The first-order valence-corrected chi connectivity index (χ1v) is 6.88. The van der Waals surface area contributed by atoms with Crippen LogP contribution >= 0.6 is 0 Å². The lowest BCUT2D eigenvalue weighted by molar-refractivity contribution is -0.137. The van der Waals surface area contributed by atoms with E-state index in [1.54, 1.807) is 19.1 Å². The Balaban J connectivity index is 2.56. The number of carboxylic acids is 1. The van der Waals surface area contributed by atoms with Gasteiger partial charge in [-0.15, -0.1) is 0 Å². The van der Waals surface area contributed by atoms with E-state index < -0.39 is 23.8 Å². The zero-order valence-corrected chi connectivity index (χ0v) is 13.2. The average molecular weight is 324 g/mol. The van der Waals surface area contributed by atoms with Crippen molar-refractivity contribution in [3.8, 4) is 11.5 Å². The molecule has 2 amide bonds. The fourth-order valence-corrected chi connectivity index (χ4v) is 1.88. The molecule has 0 radical (unpaired) electrons. The summed E-state index contributed by atoms with van der Waals surface area (Å²) in [4.78, 5) is 34.1. The second-order valence-electron chi connectivity index (χ2n) is 4.82. The lowest BCUT2D eigenvalue weighted by atomic mass is 10.2. The molecular formula is C15H20N2O6. The number of aliphatic carboxylic acids is 1. The summed E-state index contributed by atoms with van der Waals surface area (Å²) in [7, 11) is 2.94. The van der Waals surface area contributed by atoms with Crippen LogP contribution in [-0.2, 0) is 9.59 Å². The molecule has 8 heteroatoms. The molecule has 0 spiro atoms. The van der Waals surface area contributed by atoms with Crippen LogP contribution in [0.15, 0.2) is 18.2 Å². The van der Waals surface area contributed by atoms with E-state index >= 15 is 0 Å². The molecule has 0 heterocycles. The summed E-state index contributed by atoms with van der Waals surface area (Å²) in [6.45, 7) is 1.32. The first kappa shape index (κ1) is 18.3. The Hall–Kier alpha value is -2.77. The van der Waals surface area contributed by atoms with Gasteiger partial charge in [0.05, 0.1) is 27.2 Å². The van der Waals surface area contributed by atoms with Crippen molar-refractivity contribution in [2.24, 2.45) is 0 Å². The van der Waals surface area contributed by atoms with Crippen molar-refractivity contribution >= 4 is 17.8 Å². The molecule has 1 rings (SSSR count). The molecule has 126 valence electrons. The van der Waals surface area contributed by atoms with Crippen molar-refractivity contribution in [2.45, 2.75) is 19.4 Å². The van der Waals surface area contributed by atoms with Gasteiger partial charge in [0.25, 0.3) is 5.91 Å². The Kier molecular flexibility index (Phi) is 6.85. The predicted molar refractivity (Wildman–Crippen MR) is 81.7 cm³/mol. The number of amides is 2. The number of nitrogens with one attached hydrogen (secondary N) is 2. The minimum absolute atomic E-state index is 0.185. The normalized spacial score (nSPS) is 11.3. The highest BCUT2D eigenvalue weighted by Crippen LogP contribution is 2.27. The minimum Gasteiger partial charge on any atom is -0.493 e. The number of methoxy groups -OCH3 is 2. The lowest BCUT2D eigenvalue weighted by Crippen LogP contribution is -2.41. The van der Waals surface area contributed by atoms with E-state index in [1.807, 2.05) is 0 Å². The molecule has 0 fully saturated rings. The monoisotopic (exact) mass is 324 g/mol. The lowest BCUT2D eigenvalue weighted by Gasteiger charge is -2.12. The minimum atomic E-state index is -1.01. The number of carbonyl (C=O) groups excluding carboxylic acids is 2. The van der Waals surface area contributed by atoms with Crippen molar-refractivity contribution in [3.63, 3.8) is 0 Å². The highest BCUT2D eigenvalue weighted by Gasteiger charge is 2.14. The van der Waals surface area contributed by atoms with E-state index in [2.05, 4.69) is 10.6 Å². The summed E-state index contributed by atoms with van der Waals surface area (Å²) in [6, 6.07) is 4.11. The standard InChI is InChI=1S/C15H20N2O6/c1-9(6-14(19)20)17-13(18)8-16-15(21)10-4-5-11(22-2)12(7-10)23-3/h4-5,7,9H,6,8H2,1-3H3,(H,16,21)(H,17,18)(H,19,20). The molecule has 0 saturated carbocycles. The van der Waals surface area contributed by atoms with Gasteiger partial charge in [-0.2, -0.15) is 0 Å². The van der Waals surface area contributed by atoms with Gasteiger partial charge in [0.1, 0.15) is 0 Å². The van der Waals surface area contributed by atoms with Crippen LogP contribution in [0.1, 0.15) is 23.7 Å². The highest BCUT2D eigenvalue weighted by molar-refractivity contribution is 5.97. The zero-order valence-electron chi connectivity index (χ0n) is 13.2. The average Bonchev–Trinajstić information content (AvgIpc) is 2.50. The number of ether oxygens (including phenoxy) is 2. The third-order valence-corrected chi connectivity index (χ3v) is 2.94. The van der Waals surface area contributed by atoms with E-state index in [0.717, 1.165) is 0 Å². The fraction of sp³-hybridized carbons (Fsp3) is 0.400. The molecule has 3 N–H and O–H groups in total. The quantitative estimate of drug-likeness (QED) is 0.638. The van der Waals surface area contributed by atoms with E-state index in [0.29, 0.717) is 17.1 Å². The second kappa shape index (κ2) is 8.62. The van der Waals surface area contributed by atoms with E-state index in [1.165, 1.54) is 20.3 Å². The van der Waals surface area contributed by atoms with Crippen molar-refractivity contribution < 1.29 is 29.0 Å². The molecule has 23 heavy (non-hydrogen) atoms. The van der Waals surface area contributed by atoms with Gasteiger partial charge in [0.2, 0.25) is 5.91 Å². The summed E-state index contributed by atoms with van der Waals surface area (Å²) in [6.07, 6.45) is -0.185. The van der Waals surface area contributed by atoms with Crippen LogP contribution in [0.2, 0.25) is 0 Å². The Morgan fingerprint density at radius 1 is 1.17 bits per heavy atom. The van der Waals surface area contributed by atoms with Gasteiger partial charge in [-0.05, 0) is 25.1 Å². The summed E-state index contributed by atoms with van der Waals surface area (Å²) in [5.41, 5.74) is 0.314. The fourth-order valence-electron chi connectivity index (χ4n) is 1.88. The van der Waals surface area contributed by atoms with Crippen LogP contribution in [-0.4, -0.2) is 49.7 Å². The molecule has 0 saturated heterocycles. The van der Waals surface area contributed by atoms with Gasteiger partial charge in [-0.25, -0.2) is 0 Å². The van der Waals surface area contributed by atoms with Gasteiger partial charge in [-0.3, -0.25) is 14.4 Å². The van der Waals surface area contributed by atoms with Crippen molar-refractivity contribution in [2.75, 3.05) is 20.8 Å². The maximum absolute atomic E-state index is 12.0. The highest BCUT2D eigenvalue weighted by atomic mass is 16.5. The summed E-state index contributed by atoms with van der Waals surface area (Å²) in [5.74, 6) is -1.03. The first-order valence-electron chi connectivity index (χ1n) is 6.88. The molecule has 0 aliphatic heterocycles. The molecule has 0 bridgehead atoms. The SMILES string of the molecule is COc1ccc(C(=O)NCC(=O)NC(C)CC(=O)O)cc1OC. The van der Waals surface area contributed by atoms with Crippen LogP contribution < -0.4 is 20.1 Å². The maximum atomic E-state index is 12.0. The van der Waals surface area contributed by atoms with Crippen molar-refractivity contribution in [1.82, 2.24) is 10.6 Å². The molecule has 0 aromatic heterocycles. The summed E-state index contributed by atoms with van der Waals surface area (Å²) < 4.78 is 10.2. The van der Waals surface area contributed by atoms with Crippen molar-refractivity contribution in [3.05, 3.63) is 23.8 Å². The molecule has 0 aliphatic rings. The third kappa shape index (κ3) is 5.85. The third-order valence-electron chi connectivity index (χ3n) is 2.94. The smallest absolute Gasteiger partial charge is 0.305 e. The van der Waals surface area contributed by atoms with Crippen LogP contribution in [0.3, 0.4) is 0 Å². The van der Waals surface area contributed by atoms with E-state index in [-0.39, 0.29) is 13.0 Å². The summed E-state index contributed by atoms with van der Waals surface area (Å²) >= 11 is 0. The van der Waals surface area contributed by atoms with Crippen LogP contribution in [0.5, 0.6) is 11.5 Å². The number of rotatable bonds is 8. The Labute approximate surface area is 133 Å². The Morgan fingerprint density at radius 3 is 2.39 bits per heavy atom. The maximum Gasteiger partial charge on any atom is 0.305 e. The Bertz CT molecular complexity index is 587. The number of hydrogen-bond acceptors (Lipinski definition) is 5. The second-order valence-corrected chi connectivity index (χ2v) is 4.82. The van der Waals surface area contributed by atoms with Gasteiger partial charge in [-0.1, -0.05) is 0 Å². The summed E-state index contributed by atoms with van der Waals surface area (Å²) in [5, 5.41) is 13.5. The number of benzene rings is 1. The molecule has 1 aromatic carbocycles. The number of carboxylic acid groups (broad SMARTS) is 1. The molecule has 1 unspecified atom stereocenters. The van der Waals surface area contributed by atoms with Crippen LogP contribution in [0.4, 0.5) is 0 Å². The molecule has 8 nitrogen and oxygen atoms in total. The van der Waals surface area contributed by atoms with Crippen LogP contribution in [0, 0.1) is 0 Å². The van der Waals surface area contributed by atoms with Gasteiger partial charge in [0.15, 0.2) is 11.5 Å². The molecule has 1 aromatic rings. The number of hydrogen-bond donors (Lipinski definition) is 3. The first-order chi connectivity index (χ1) is 10.9. The van der Waals surface area contributed by atoms with Gasteiger partial charge in [0, 0.05) is 11.6 Å². The topological polar surface area (TPSA) is 114 Å². The molecule has 1 atom stereocenters. The van der Waals surface area contributed by atoms with Crippen LogP contribution in [0.25, 0.3) is 0 Å². The largest absolute Gasteiger partial charge is 0.493 e. The van der Waals surface area contributed by atoms with Gasteiger partial charge < -0.3 is 25.2 Å². The molecule has 0 aliphatic carbocycles. The van der Waals surface area contributed by atoms with Gasteiger partial charge >= 0.3 is 5.97 Å². The number of carbonyl (C=O) groups is 3. The predicted octanol–water partition coefficient (Wildman–Crippen LogP) is 0.413. The molecular weight excluding hydrogens is 304 g/mol. The van der Waals surface area contributed by atoms with E-state index in [9.17, 15) is 14.4 Å². The zero-order chi connectivity index (χ0) is 17.4.